The lowest BCUT2D eigenvalue weighted by atomic mass is 9.84. The number of nitrogens with zero attached hydrogens (tertiary/aromatic N) is 1. The van der Waals surface area contributed by atoms with Gasteiger partial charge in [-0.3, -0.25) is 9.78 Å². The van der Waals surface area contributed by atoms with Gasteiger partial charge in [-0.1, -0.05) is 12.1 Å². The van der Waals surface area contributed by atoms with Crippen LogP contribution in [0.15, 0.2) is 42.6 Å². The highest BCUT2D eigenvalue weighted by Crippen LogP contribution is 2.39. The molecule has 1 heterocycles. The molecule has 0 aliphatic carbocycles. The summed E-state index contributed by atoms with van der Waals surface area (Å²) in [7, 11) is 1.28. The smallest absolute Gasteiger partial charge is 0.371 e. The molecule has 2 aromatic rings. The van der Waals surface area contributed by atoms with Crippen LogP contribution in [0.3, 0.4) is 0 Å². The van der Waals surface area contributed by atoms with E-state index in [-0.39, 0.29) is 5.56 Å². The van der Waals surface area contributed by atoms with Crippen LogP contribution in [-0.4, -0.2) is 23.5 Å². The Hall–Kier alpha value is -2.42. The maximum atomic E-state index is 13.5. The molecule has 1 aromatic heterocycles. The Labute approximate surface area is 163 Å². The molecule has 0 saturated heterocycles. The van der Waals surface area contributed by atoms with E-state index in [4.69, 9.17) is 4.74 Å². The van der Waals surface area contributed by atoms with Gasteiger partial charge in [-0.15, -0.1) is 0 Å². The van der Waals surface area contributed by atoms with Crippen LogP contribution in [0.2, 0.25) is 0 Å². The summed E-state index contributed by atoms with van der Waals surface area (Å²) in [6.07, 6.45) is -8.61. The number of methoxy groups -OCH3 is 1. The number of halogens is 6. The monoisotopic (exact) mass is 419 g/mol. The third-order valence-electron chi connectivity index (χ3n) is 4.69. The van der Waals surface area contributed by atoms with Gasteiger partial charge in [-0.25, -0.2) is 0 Å². The molecular formula is C20H19F6NO2. The standard InChI is InChI=1S/C20H19F6NO2/c1-18(2,29-3)16(28)11-14(12-6-8-13(9-7-12)19(21,22)23)17-15(20(24,25)26)5-4-10-27-17/h4-10,14H,11H2,1-3H3/t14-/m0/s1. The van der Waals surface area contributed by atoms with Crippen LogP contribution in [-0.2, 0) is 21.9 Å². The Morgan fingerprint density at radius 2 is 1.59 bits per heavy atom. The summed E-state index contributed by atoms with van der Waals surface area (Å²) in [5.41, 5.74) is -3.59. The summed E-state index contributed by atoms with van der Waals surface area (Å²) in [6.45, 7) is 2.92. The molecule has 2 rings (SSSR count). The number of pyridine rings is 1. The van der Waals surface area contributed by atoms with Gasteiger partial charge in [0, 0.05) is 25.6 Å². The number of hydrogen-bond donors (Lipinski definition) is 0. The summed E-state index contributed by atoms with van der Waals surface area (Å²) in [6, 6.07) is 5.60. The first kappa shape index (κ1) is 22.9. The first-order valence-electron chi connectivity index (χ1n) is 8.55. The van der Waals surface area contributed by atoms with E-state index in [0.29, 0.717) is 0 Å². The number of rotatable bonds is 6. The van der Waals surface area contributed by atoms with Crippen LogP contribution in [0, 0.1) is 0 Å². The van der Waals surface area contributed by atoms with Gasteiger partial charge in [0.15, 0.2) is 5.78 Å². The minimum Gasteiger partial charge on any atom is -0.371 e. The lowest BCUT2D eigenvalue weighted by Crippen LogP contribution is -2.35. The van der Waals surface area contributed by atoms with Crippen molar-refractivity contribution in [2.24, 2.45) is 0 Å². The zero-order valence-electron chi connectivity index (χ0n) is 15.9. The van der Waals surface area contributed by atoms with Gasteiger partial charge < -0.3 is 4.74 Å². The van der Waals surface area contributed by atoms with Crippen LogP contribution in [0.1, 0.15) is 48.6 Å². The van der Waals surface area contributed by atoms with Crippen LogP contribution in [0.25, 0.3) is 0 Å². The average Bonchev–Trinajstić information content (AvgIpc) is 2.64. The number of Topliss-reactive ketones (excluding diaryl/α,β-unsaturated/α-hetero) is 1. The first-order chi connectivity index (χ1) is 13.3. The number of benzene rings is 1. The zero-order valence-corrected chi connectivity index (χ0v) is 15.9. The van der Waals surface area contributed by atoms with E-state index in [9.17, 15) is 31.1 Å². The van der Waals surface area contributed by atoms with E-state index in [1.54, 1.807) is 0 Å². The van der Waals surface area contributed by atoms with Gasteiger partial charge in [0.25, 0.3) is 0 Å². The van der Waals surface area contributed by atoms with E-state index >= 15 is 0 Å². The lowest BCUT2D eigenvalue weighted by Gasteiger charge is -2.26. The molecule has 0 unspecified atom stereocenters. The first-order valence-corrected chi connectivity index (χ1v) is 8.55. The molecule has 0 aliphatic heterocycles. The minimum absolute atomic E-state index is 0.113. The Balaban J connectivity index is 2.58. The second kappa shape index (κ2) is 8.14. The predicted octanol–water partition coefficient (Wildman–Crippen LogP) is 5.64. The van der Waals surface area contributed by atoms with Crippen molar-refractivity contribution < 1.29 is 35.9 Å². The number of aromatic nitrogens is 1. The Bertz CT molecular complexity index is 857. The van der Waals surface area contributed by atoms with E-state index < -0.39 is 52.9 Å². The highest BCUT2D eigenvalue weighted by molar-refractivity contribution is 5.87. The summed E-state index contributed by atoms with van der Waals surface area (Å²) < 4.78 is 84.1. The van der Waals surface area contributed by atoms with Crippen molar-refractivity contribution in [3.05, 3.63) is 65.0 Å². The molecule has 0 aliphatic rings. The van der Waals surface area contributed by atoms with E-state index in [1.165, 1.54) is 21.0 Å². The summed E-state index contributed by atoms with van der Waals surface area (Å²) in [5.74, 6) is -1.71. The molecule has 1 aromatic carbocycles. The van der Waals surface area contributed by atoms with E-state index in [2.05, 4.69) is 4.98 Å². The molecule has 3 nitrogen and oxygen atoms in total. The second-order valence-electron chi connectivity index (χ2n) is 6.95. The average molecular weight is 419 g/mol. The van der Waals surface area contributed by atoms with Gasteiger partial charge in [-0.2, -0.15) is 26.3 Å². The van der Waals surface area contributed by atoms with E-state index in [1.807, 2.05) is 0 Å². The van der Waals surface area contributed by atoms with Gasteiger partial charge in [0.1, 0.15) is 5.60 Å². The van der Waals surface area contributed by atoms with Crippen molar-refractivity contribution in [2.75, 3.05) is 7.11 Å². The minimum atomic E-state index is -4.74. The van der Waals surface area contributed by atoms with Gasteiger partial charge in [0.05, 0.1) is 16.8 Å². The van der Waals surface area contributed by atoms with Crippen molar-refractivity contribution >= 4 is 5.78 Å². The quantitative estimate of drug-likeness (QED) is 0.570. The van der Waals surface area contributed by atoms with Crippen LogP contribution >= 0.6 is 0 Å². The van der Waals surface area contributed by atoms with Crippen LogP contribution in [0.4, 0.5) is 26.3 Å². The normalized spacial score (nSPS) is 14.0. The summed E-state index contributed by atoms with van der Waals surface area (Å²) in [4.78, 5) is 16.4. The molecule has 9 heteroatoms. The van der Waals surface area contributed by atoms with Crippen molar-refractivity contribution in [3.8, 4) is 0 Å². The molecule has 0 spiro atoms. The third-order valence-corrected chi connectivity index (χ3v) is 4.69. The largest absolute Gasteiger partial charge is 0.418 e. The molecular weight excluding hydrogens is 400 g/mol. The molecule has 0 N–H and O–H groups in total. The van der Waals surface area contributed by atoms with Crippen molar-refractivity contribution in [1.29, 1.82) is 0 Å². The van der Waals surface area contributed by atoms with Crippen LogP contribution in [0.5, 0.6) is 0 Å². The molecule has 29 heavy (non-hydrogen) atoms. The van der Waals surface area contributed by atoms with E-state index in [0.717, 1.165) is 42.6 Å². The third kappa shape index (κ3) is 5.35. The summed E-state index contributed by atoms with van der Waals surface area (Å²) in [5, 5.41) is 0. The maximum absolute atomic E-state index is 13.5. The zero-order chi connectivity index (χ0) is 22.0. The number of carbonyl (C=O) groups excluding carboxylic acids is 1. The van der Waals surface area contributed by atoms with Gasteiger partial charge >= 0.3 is 12.4 Å². The molecule has 0 fully saturated rings. The molecule has 1 atom stereocenters. The van der Waals surface area contributed by atoms with Gasteiger partial charge in [0.2, 0.25) is 0 Å². The fraction of sp³-hybridized carbons (Fsp3) is 0.400. The number of alkyl halides is 6. The highest BCUT2D eigenvalue weighted by atomic mass is 19.4. The number of carbonyl (C=O) groups is 1. The Kier molecular flexibility index (Phi) is 6.42. The topological polar surface area (TPSA) is 39.2 Å². The van der Waals surface area contributed by atoms with Crippen LogP contribution < -0.4 is 0 Å². The van der Waals surface area contributed by atoms with Gasteiger partial charge in [-0.05, 0) is 43.7 Å². The number of hydrogen-bond acceptors (Lipinski definition) is 3. The molecule has 0 bridgehead atoms. The molecule has 158 valence electrons. The maximum Gasteiger partial charge on any atom is 0.418 e. The Morgan fingerprint density at radius 3 is 2.07 bits per heavy atom. The predicted molar refractivity (Wildman–Crippen MR) is 93.2 cm³/mol. The SMILES string of the molecule is COC(C)(C)C(=O)C[C@@H](c1ccc(C(F)(F)F)cc1)c1ncccc1C(F)(F)F. The van der Waals surface area contributed by atoms with Crippen molar-refractivity contribution in [3.63, 3.8) is 0 Å². The van der Waals surface area contributed by atoms with Crippen molar-refractivity contribution in [1.82, 2.24) is 4.98 Å². The number of ether oxygens (including phenoxy) is 1. The molecule has 0 saturated carbocycles. The second-order valence-corrected chi connectivity index (χ2v) is 6.95. The Morgan fingerprint density at radius 1 is 1.00 bits per heavy atom. The number of ketones is 1. The fourth-order valence-corrected chi connectivity index (χ4v) is 2.76. The lowest BCUT2D eigenvalue weighted by molar-refractivity contribution is -0.140. The van der Waals surface area contributed by atoms with Crippen molar-refractivity contribution in [2.45, 2.75) is 44.1 Å². The highest BCUT2D eigenvalue weighted by Gasteiger charge is 2.39. The summed E-state index contributed by atoms with van der Waals surface area (Å²) >= 11 is 0. The fourth-order valence-electron chi connectivity index (χ4n) is 2.76. The molecule has 0 amide bonds. The molecule has 0 radical (unpaired) electrons.